The molecule has 0 radical (unpaired) electrons. The van der Waals surface area contributed by atoms with Crippen LogP contribution in [0.1, 0.15) is 44.4 Å². The monoisotopic (exact) mass is 312 g/mol. The predicted octanol–water partition coefficient (Wildman–Crippen LogP) is 2.72. The van der Waals surface area contributed by atoms with Crippen molar-refractivity contribution < 1.29 is 8.42 Å². The lowest BCUT2D eigenvalue weighted by atomic mass is 9.82. The fourth-order valence-electron chi connectivity index (χ4n) is 1.91. The van der Waals surface area contributed by atoms with Crippen molar-refractivity contribution in [2.24, 2.45) is 17.1 Å². The second kappa shape index (κ2) is 6.46. The van der Waals surface area contributed by atoms with Crippen molar-refractivity contribution in [1.29, 1.82) is 0 Å². The minimum atomic E-state index is -3.51. The van der Waals surface area contributed by atoms with Crippen LogP contribution in [0.3, 0.4) is 0 Å². The van der Waals surface area contributed by atoms with E-state index in [1.54, 1.807) is 6.07 Å². The number of aryl methyl sites for hydroxylation is 1. The molecule has 1 rings (SSSR count). The van der Waals surface area contributed by atoms with E-state index in [0.29, 0.717) is 18.0 Å². The lowest BCUT2D eigenvalue weighted by molar-refractivity contribution is 0.263. The zero-order chi connectivity index (χ0) is 16.4. The van der Waals surface area contributed by atoms with Crippen molar-refractivity contribution in [2.75, 3.05) is 6.54 Å². The normalized spacial score (nSPS) is 14.2. The van der Waals surface area contributed by atoms with Gasteiger partial charge in [0.1, 0.15) is 0 Å². The molecule has 120 valence electrons. The summed E-state index contributed by atoms with van der Waals surface area (Å²) in [5, 5.41) is 0. The van der Waals surface area contributed by atoms with Crippen LogP contribution >= 0.6 is 0 Å². The maximum absolute atomic E-state index is 12.6. The average Bonchev–Trinajstić information content (AvgIpc) is 2.37. The number of sulfonamides is 1. The molecule has 0 aliphatic heterocycles. The van der Waals surface area contributed by atoms with Crippen molar-refractivity contribution in [3.05, 3.63) is 28.8 Å². The van der Waals surface area contributed by atoms with Crippen molar-refractivity contribution in [2.45, 2.75) is 53.0 Å². The maximum Gasteiger partial charge on any atom is 0.240 e. The summed E-state index contributed by atoms with van der Waals surface area (Å²) in [6.07, 6.45) is 0. The third-order valence-corrected chi connectivity index (χ3v) is 5.81. The van der Waals surface area contributed by atoms with Crippen LogP contribution in [-0.2, 0) is 16.6 Å². The SMILES string of the molecule is Cc1cc(CN)cc(S(=O)(=O)NCC(C)C(C)(C)C)c1C. The van der Waals surface area contributed by atoms with Crippen LogP contribution in [0.4, 0.5) is 0 Å². The fraction of sp³-hybridized carbons (Fsp3) is 0.625. The molecule has 0 saturated carbocycles. The third kappa shape index (κ3) is 4.53. The maximum atomic E-state index is 12.6. The number of hydrogen-bond donors (Lipinski definition) is 2. The smallest absolute Gasteiger partial charge is 0.240 e. The zero-order valence-corrected chi connectivity index (χ0v) is 14.8. The van der Waals surface area contributed by atoms with Crippen LogP contribution in [0.5, 0.6) is 0 Å². The average molecular weight is 312 g/mol. The fourth-order valence-corrected chi connectivity index (χ4v) is 3.41. The van der Waals surface area contributed by atoms with Crippen molar-refractivity contribution in [1.82, 2.24) is 4.72 Å². The van der Waals surface area contributed by atoms with Crippen molar-refractivity contribution >= 4 is 10.0 Å². The van der Waals surface area contributed by atoms with Crippen LogP contribution < -0.4 is 10.5 Å². The number of hydrogen-bond acceptors (Lipinski definition) is 3. The first-order valence-corrected chi connectivity index (χ1v) is 8.77. The van der Waals surface area contributed by atoms with Crippen LogP contribution in [0.15, 0.2) is 17.0 Å². The molecule has 0 aliphatic carbocycles. The van der Waals surface area contributed by atoms with Crippen molar-refractivity contribution in [3.8, 4) is 0 Å². The summed E-state index contributed by atoms with van der Waals surface area (Å²) >= 11 is 0. The van der Waals surface area contributed by atoms with E-state index in [2.05, 4.69) is 32.4 Å². The topological polar surface area (TPSA) is 72.2 Å². The molecule has 0 heterocycles. The first kappa shape index (κ1) is 18.1. The molecule has 5 heteroatoms. The van der Waals surface area contributed by atoms with E-state index < -0.39 is 10.0 Å². The Morgan fingerprint density at radius 1 is 1.24 bits per heavy atom. The summed E-state index contributed by atoms with van der Waals surface area (Å²) in [5.74, 6) is 0.242. The number of rotatable bonds is 5. The summed E-state index contributed by atoms with van der Waals surface area (Å²) in [6.45, 7) is 12.9. The molecule has 3 N–H and O–H groups in total. The summed E-state index contributed by atoms with van der Waals surface area (Å²) in [7, 11) is -3.51. The van der Waals surface area contributed by atoms with Gasteiger partial charge in [-0.3, -0.25) is 0 Å². The Balaban J connectivity index is 3.06. The van der Waals surface area contributed by atoms with Gasteiger partial charge in [0.25, 0.3) is 0 Å². The third-order valence-electron chi connectivity index (χ3n) is 4.26. The van der Waals surface area contributed by atoms with E-state index in [1.165, 1.54) is 0 Å². The van der Waals surface area contributed by atoms with E-state index in [9.17, 15) is 8.42 Å². The highest BCUT2D eigenvalue weighted by Gasteiger charge is 2.24. The highest BCUT2D eigenvalue weighted by Crippen LogP contribution is 2.26. The van der Waals surface area contributed by atoms with E-state index in [-0.39, 0.29) is 11.3 Å². The van der Waals surface area contributed by atoms with E-state index in [4.69, 9.17) is 5.73 Å². The van der Waals surface area contributed by atoms with E-state index in [0.717, 1.165) is 16.7 Å². The van der Waals surface area contributed by atoms with Crippen molar-refractivity contribution in [3.63, 3.8) is 0 Å². The highest BCUT2D eigenvalue weighted by molar-refractivity contribution is 7.89. The van der Waals surface area contributed by atoms with Gasteiger partial charge in [-0.2, -0.15) is 0 Å². The Kier molecular flexibility index (Phi) is 5.58. The van der Waals surface area contributed by atoms with Gasteiger partial charge in [0, 0.05) is 13.1 Å². The van der Waals surface area contributed by atoms with Gasteiger partial charge in [0.15, 0.2) is 0 Å². The molecule has 1 aromatic rings. The molecule has 0 fully saturated rings. The molecule has 4 nitrogen and oxygen atoms in total. The number of benzene rings is 1. The van der Waals surface area contributed by atoms with Crippen LogP contribution in [0, 0.1) is 25.2 Å². The number of nitrogens with two attached hydrogens (primary N) is 1. The summed E-state index contributed by atoms with van der Waals surface area (Å²) in [6, 6.07) is 3.61. The van der Waals surface area contributed by atoms with Gasteiger partial charge in [-0.25, -0.2) is 13.1 Å². The molecular formula is C16H28N2O2S. The Morgan fingerprint density at radius 3 is 2.29 bits per heavy atom. The summed E-state index contributed by atoms with van der Waals surface area (Å²) in [5.41, 5.74) is 8.27. The second-order valence-corrected chi connectivity index (χ2v) is 8.59. The van der Waals surface area contributed by atoms with Gasteiger partial charge >= 0.3 is 0 Å². The van der Waals surface area contributed by atoms with E-state index >= 15 is 0 Å². The zero-order valence-electron chi connectivity index (χ0n) is 13.9. The van der Waals surface area contributed by atoms with Gasteiger partial charge in [0.2, 0.25) is 10.0 Å². The van der Waals surface area contributed by atoms with Crippen LogP contribution in [0.2, 0.25) is 0 Å². The molecule has 0 amide bonds. The lowest BCUT2D eigenvalue weighted by Gasteiger charge is -2.27. The largest absolute Gasteiger partial charge is 0.326 e. The molecule has 0 saturated heterocycles. The molecule has 0 aromatic heterocycles. The predicted molar refractivity (Wildman–Crippen MR) is 87.6 cm³/mol. The quantitative estimate of drug-likeness (QED) is 0.878. The first-order valence-electron chi connectivity index (χ1n) is 7.29. The van der Waals surface area contributed by atoms with E-state index in [1.807, 2.05) is 19.9 Å². The Bertz CT molecular complexity index is 601. The van der Waals surface area contributed by atoms with Crippen LogP contribution in [0.25, 0.3) is 0 Å². The van der Waals surface area contributed by atoms with Gasteiger partial charge in [-0.15, -0.1) is 0 Å². The minimum absolute atomic E-state index is 0.0621. The molecule has 21 heavy (non-hydrogen) atoms. The second-order valence-electron chi connectivity index (χ2n) is 6.86. The molecule has 1 atom stereocenters. The van der Waals surface area contributed by atoms with Gasteiger partial charge < -0.3 is 5.73 Å². The molecular weight excluding hydrogens is 284 g/mol. The molecule has 1 unspecified atom stereocenters. The summed E-state index contributed by atoms with van der Waals surface area (Å²) < 4.78 is 27.8. The molecule has 0 aliphatic rings. The van der Waals surface area contributed by atoms with Crippen LogP contribution in [-0.4, -0.2) is 15.0 Å². The first-order chi connectivity index (χ1) is 9.49. The highest BCUT2D eigenvalue weighted by atomic mass is 32.2. The Morgan fingerprint density at radius 2 is 1.81 bits per heavy atom. The molecule has 0 spiro atoms. The number of nitrogens with one attached hydrogen (secondary N) is 1. The van der Waals surface area contributed by atoms with Gasteiger partial charge in [0.05, 0.1) is 4.90 Å². The van der Waals surface area contributed by atoms with Gasteiger partial charge in [-0.1, -0.05) is 33.8 Å². The summed E-state index contributed by atoms with van der Waals surface area (Å²) in [4.78, 5) is 0.337. The molecule has 0 bridgehead atoms. The minimum Gasteiger partial charge on any atom is -0.326 e. The standard InChI is InChI=1S/C16H28N2O2S/c1-11-7-14(9-17)8-15(13(11)3)21(19,20)18-10-12(2)16(4,5)6/h7-8,12,18H,9-10,17H2,1-6H3. The molecule has 1 aromatic carbocycles. The lowest BCUT2D eigenvalue weighted by Crippen LogP contribution is -2.34. The van der Waals surface area contributed by atoms with Gasteiger partial charge in [-0.05, 0) is 47.9 Å². The Labute approximate surface area is 129 Å². The Hall–Kier alpha value is -0.910.